The van der Waals surface area contributed by atoms with Crippen molar-refractivity contribution >= 4 is 16.9 Å². The van der Waals surface area contributed by atoms with Gasteiger partial charge >= 0.3 is 0 Å². The Kier molecular flexibility index (Phi) is 4.44. The molecule has 0 amide bonds. The van der Waals surface area contributed by atoms with Crippen LogP contribution < -0.4 is 5.32 Å². The number of hydrogen-bond donors (Lipinski definition) is 1. The maximum Gasteiger partial charge on any atom is 0.156 e. The molecular formula is C16H22N2S. The molecular weight excluding hydrogens is 252 g/mol. The number of nitrogens with one attached hydrogen (secondary N) is 1. The molecule has 0 radical (unpaired) electrons. The molecule has 0 aromatic heterocycles. The average molecular weight is 274 g/mol. The summed E-state index contributed by atoms with van der Waals surface area (Å²) in [6.07, 6.45) is 6.42. The Bertz CT molecular complexity index is 430. The van der Waals surface area contributed by atoms with E-state index < -0.39 is 0 Å². The van der Waals surface area contributed by atoms with Crippen LogP contribution in [-0.2, 0) is 6.42 Å². The second kappa shape index (κ2) is 6.47. The normalized spacial score (nSPS) is 28.1. The van der Waals surface area contributed by atoms with Crippen LogP contribution in [0.3, 0.4) is 0 Å². The zero-order valence-electron chi connectivity index (χ0n) is 11.3. The maximum absolute atomic E-state index is 4.73. The van der Waals surface area contributed by atoms with Crippen molar-refractivity contribution in [2.24, 2.45) is 10.9 Å². The van der Waals surface area contributed by atoms with Crippen LogP contribution in [0.2, 0.25) is 0 Å². The summed E-state index contributed by atoms with van der Waals surface area (Å²) in [5.74, 6) is 2.17. The van der Waals surface area contributed by atoms with Crippen LogP contribution in [0, 0.1) is 5.92 Å². The largest absolute Gasteiger partial charge is 0.362 e. The SMILES string of the molecule is c1ccc(CCCN=C2NC3CCCC3CS2)cc1. The van der Waals surface area contributed by atoms with Gasteiger partial charge in [-0.2, -0.15) is 0 Å². The van der Waals surface area contributed by atoms with Crippen molar-refractivity contribution in [1.29, 1.82) is 0 Å². The Balaban J connectivity index is 1.43. The molecule has 0 spiro atoms. The Morgan fingerprint density at radius 3 is 3.00 bits per heavy atom. The fraction of sp³-hybridized carbons (Fsp3) is 0.562. The van der Waals surface area contributed by atoms with E-state index >= 15 is 0 Å². The Morgan fingerprint density at radius 1 is 1.21 bits per heavy atom. The van der Waals surface area contributed by atoms with Crippen LogP contribution in [-0.4, -0.2) is 23.5 Å². The summed E-state index contributed by atoms with van der Waals surface area (Å²) < 4.78 is 0. The molecule has 1 N–H and O–H groups in total. The first-order valence-corrected chi connectivity index (χ1v) is 8.38. The van der Waals surface area contributed by atoms with Crippen LogP contribution in [0.15, 0.2) is 35.3 Å². The lowest BCUT2D eigenvalue weighted by atomic mass is 10.1. The molecule has 2 nitrogen and oxygen atoms in total. The number of benzene rings is 1. The van der Waals surface area contributed by atoms with E-state index in [-0.39, 0.29) is 0 Å². The lowest BCUT2D eigenvalue weighted by Gasteiger charge is -2.28. The number of nitrogens with zero attached hydrogens (tertiary/aromatic N) is 1. The molecule has 1 aliphatic heterocycles. The van der Waals surface area contributed by atoms with Crippen LogP contribution >= 0.6 is 11.8 Å². The third-order valence-electron chi connectivity index (χ3n) is 4.12. The summed E-state index contributed by atoms with van der Waals surface area (Å²) in [6.45, 7) is 0.946. The molecule has 1 aliphatic carbocycles. The van der Waals surface area contributed by atoms with Crippen molar-refractivity contribution in [3.8, 4) is 0 Å². The fourth-order valence-electron chi connectivity index (χ4n) is 3.01. The molecule has 1 heterocycles. The van der Waals surface area contributed by atoms with Crippen molar-refractivity contribution in [2.45, 2.75) is 38.1 Å². The molecule has 0 bridgehead atoms. The number of thioether (sulfide) groups is 1. The Hall–Kier alpha value is -0.960. The van der Waals surface area contributed by atoms with Gasteiger partial charge in [0, 0.05) is 18.3 Å². The molecule has 1 saturated heterocycles. The van der Waals surface area contributed by atoms with Gasteiger partial charge in [0.2, 0.25) is 0 Å². The number of aryl methyl sites for hydroxylation is 1. The topological polar surface area (TPSA) is 24.4 Å². The molecule has 3 heteroatoms. The first-order chi connectivity index (χ1) is 9.42. The van der Waals surface area contributed by atoms with Crippen molar-refractivity contribution in [3.63, 3.8) is 0 Å². The lowest BCUT2D eigenvalue weighted by molar-refractivity contribution is 0.489. The third-order valence-corrected chi connectivity index (χ3v) is 5.24. The highest BCUT2D eigenvalue weighted by Crippen LogP contribution is 2.32. The highest BCUT2D eigenvalue weighted by Gasteiger charge is 2.31. The second-order valence-corrected chi connectivity index (χ2v) is 6.54. The average Bonchev–Trinajstić information content (AvgIpc) is 2.92. The highest BCUT2D eigenvalue weighted by atomic mass is 32.2. The van der Waals surface area contributed by atoms with Gasteiger partial charge in [-0.15, -0.1) is 0 Å². The predicted octanol–water partition coefficient (Wildman–Crippen LogP) is 3.48. The zero-order valence-corrected chi connectivity index (χ0v) is 12.2. The van der Waals surface area contributed by atoms with E-state index in [0.717, 1.165) is 25.3 Å². The Morgan fingerprint density at radius 2 is 2.11 bits per heavy atom. The minimum Gasteiger partial charge on any atom is -0.362 e. The molecule has 2 atom stereocenters. The van der Waals surface area contributed by atoms with E-state index in [9.17, 15) is 0 Å². The number of rotatable bonds is 4. The number of fused-ring (bicyclic) bond motifs is 1. The quantitative estimate of drug-likeness (QED) is 0.850. The van der Waals surface area contributed by atoms with E-state index in [2.05, 4.69) is 35.6 Å². The first kappa shape index (κ1) is 13.0. The second-order valence-electron chi connectivity index (χ2n) is 5.53. The molecule has 2 aliphatic rings. The van der Waals surface area contributed by atoms with Crippen LogP contribution in [0.1, 0.15) is 31.2 Å². The van der Waals surface area contributed by atoms with Gasteiger partial charge in [0.1, 0.15) is 0 Å². The summed E-state index contributed by atoms with van der Waals surface area (Å²) in [4.78, 5) is 4.73. The Labute approximate surface area is 120 Å². The van der Waals surface area contributed by atoms with Crippen LogP contribution in [0.25, 0.3) is 0 Å². The minimum atomic E-state index is 0.717. The van der Waals surface area contributed by atoms with Gasteiger partial charge in [-0.1, -0.05) is 48.5 Å². The van der Waals surface area contributed by atoms with Gasteiger partial charge in [-0.25, -0.2) is 0 Å². The van der Waals surface area contributed by atoms with E-state index in [1.54, 1.807) is 0 Å². The van der Waals surface area contributed by atoms with Crippen molar-refractivity contribution in [2.75, 3.05) is 12.3 Å². The van der Waals surface area contributed by atoms with Crippen LogP contribution in [0.4, 0.5) is 0 Å². The van der Waals surface area contributed by atoms with Gasteiger partial charge in [-0.3, -0.25) is 4.99 Å². The molecule has 19 heavy (non-hydrogen) atoms. The van der Waals surface area contributed by atoms with E-state index in [0.29, 0.717) is 6.04 Å². The van der Waals surface area contributed by atoms with Gasteiger partial charge in [0.25, 0.3) is 0 Å². The van der Waals surface area contributed by atoms with Crippen molar-refractivity contribution in [1.82, 2.24) is 5.32 Å². The first-order valence-electron chi connectivity index (χ1n) is 7.39. The molecule has 1 aromatic carbocycles. The molecule has 102 valence electrons. The van der Waals surface area contributed by atoms with Crippen molar-refractivity contribution in [3.05, 3.63) is 35.9 Å². The summed E-state index contributed by atoms with van der Waals surface area (Å²) in [6, 6.07) is 11.4. The smallest absolute Gasteiger partial charge is 0.156 e. The summed E-state index contributed by atoms with van der Waals surface area (Å²) in [7, 11) is 0. The van der Waals surface area contributed by atoms with E-state index in [4.69, 9.17) is 4.99 Å². The minimum absolute atomic E-state index is 0.717. The molecule has 2 fully saturated rings. The van der Waals surface area contributed by atoms with Crippen molar-refractivity contribution < 1.29 is 0 Å². The molecule has 3 rings (SSSR count). The zero-order chi connectivity index (χ0) is 12.9. The maximum atomic E-state index is 4.73. The lowest BCUT2D eigenvalue weighted by Crippen LogP contribution is -2.41. The number of amidine groups is 1. The molecule has 1 saturated carbocycles. The summed E-state index contributed by atoms with van der Waals surface area (Å²) in [5, 5.41) is 4.82. The van der Waals surface area contributed by atoms with Gasteiger partial charge in [0.05, 0.1) is 0 Å². The highest BCUT2D eigenvalue weighted by molar-refractivity contribution is 8.13. The van der Waals surface area contributed by atoms with Crippen LogP contribution in [0.5, 0.6) is 0 Å². The summed E-state index contributed by atoms with van der Waals surface area (Å²) in [5.41, 5.74) is 1.42. The number of hydrogen-bond acceptors (Lipinski definition) is 2. The standard InChI is InChI=1S/C16H22N2S/c1-2-6-13(7-3-1)8-5-11-17-16-18-15-10-4-9-14(15)12-19-16/h1-3,6-7,14-15H,4-5,8-12H2,(H,17,18). The van der Waals surface area contributed by atoms with Gasteiger partial charge in [-0.05, 0) is 37.2 Å². The third kappa shape index (κ3) is 3.53. The molecule has 2 unspecified atom stereocenters. The molecule has 1 aromatic rings. The summed E-state index contributed by atoms with van der Waals surface area (Å²) >= 11 is 1.92. The monoisotopic (exact) mass is 274 g/mol. The van der Waals surface area contributed by atoms with Gasteiger partial charge < -0.3 is 5.32 Å². The fourth-order valence-corrected chi connectivity index (χ4v) is 4.20. The van der Waals surface area contributed by atoms with Gasteiger partial charge in [0.15, 0.2) is 5.17 Å². The number of aliphatic imine (C=N–C) groups is 1. The van der Waals surface area contributed by atoms with E-state index in [1.807, 2.05) is 11.8 Å². The predicted molar refractivity (Wildman–Crippen MR) is 83.8 cm³/mol. The van der Waals surface area contributed by atoms with E-state index in [1.165, 1.54) is 35.7 Å².